The van der Waals surface area contributed by atoms with Crippen molar-refractivity contribution in [2.75, 3.05) is 16.4 Å². The van der Waals surface area contributed by atoms with E-state index in [4.69, 9.17) is 5.73 Å². The van der Waals surface area contributed by atoms with E-state index in [-0.39, 0.29) is 16.9 Å². The van der Waals surface area contributed by atoms with Crippen LogP contribution in [0.25, 0.3) is 0 Å². The Labute approximate surface area is 149 Å². The smallest absolute Gasteiger partial charge is 0.292 e. The van der Waals surface area contributed by atoms with Gasteiger partial charge in [0, 0.05) is 28.7 Å². The predicted octanol–water partition coefficient (Wildman–Crippen LogP) is 4.17. The van der Waals surface area contributed by atoms with Gasteiger partial charge in [0.25, 0.3) is 11.6 Å². The third-order valence-corrected chi connectivity index (χ3v) is 3.69. The van der Waals surface area contributed by atoms with Gasteiger partial charge >= 0.3 is 0 Å². The lowest BCUT2D eigenvalue weighted by atomic mass is 10.1. The molecule has 0 bridgehead atoms. The number of rotatable bonds is 5. The summed E-state index contributed by atoms with van der Waals surface area (Å²) in [6, 6.07) is 20.8. The molecule has 7 heteroatoms. The fourth-order valence-corrected chi connectivity index (χ4v) is 2.37. The molecule has 0 aliphatic carbocycles. The number of nitrogens with one attached hydrogen (secondary N) is 2. The highest BCUT2D eigenvalue weighted by molar-refractivity contribution is 6.05. The molecule has 0 fully saturated rings. The fourth-order valence-electron chi connectivity index (χ4n) is 2.37. The number of nitro groups is 1. The summed E-state index contributed by atoms with van der Waals surface area (Å²) in [7, 11) is 0. The number of amides is 1. The summed E-state index contributed by atoms with van der Waals surface area (Å²) in [6.45, 7) is 0. The SMILES string of the molecule is Nc1ccc(C(=O)Nc2ccc(Nc3ccccc3)cc2)cc1[N+](=O)[O-]. The Kier molecular flexibility index (Phi) is 4.80. The number of carbonyl (C=O) groups excluding carboxylic acids is 1. The number of nitro benzene ring substituents is 1. The van der Waals surface area contributed by atoms with Crippen LogP contribution < -0.4 is 16.4 Å². The number of hydrogen-bond donors (Lipinski definition) is 3. The summed E-state index contributed by atoms with van der Waals surface area (Å²) >= 11 is 0. The summed E-state index contributed by atoms with van der Waals surface area (Å²) in [5, 5.41) is 16.9. The minimum Gasteiger partial charge on any atom is -0.393 e. The summed E-state index contributed by atoms with van der Waals surface area (Å²) in [6.07, 6.45) is 0. The van der Waals surface area contributed by atoms with Crippen LogP contribution in [0.5, 0.6) is 0 Å². The van der Waals surface area contributed by atoms with E-state index in [0.29, 0.717) is 5.69 Å². The molecule has 0 heterocycles. The molecule has 4 N–H and O–H groups in total. The monoisotopic (exact) mass is 348 g/mol. The third kappa shape index (κ3) is 3.96. The molecule has 0 atom stereocenters. The molecule has 0 saturated heterocycles. The molecule has 1 amide bonds. The van der Waals surface area contributed by atoms with Gasteiger partial charge in [-0.1, -0.05) is 18.2 Å². The number of nitrogens with zero attached hydrogens (tertiary/aromatic N) is 1. The van der Waals surface area contributed by atoms with Gasteiger partial charge in [-0.05, 0) is 48.5 Å². The second kappa shape index (κ2) is 7.35. The van der Waals surface area contributed by atoms with Crippen LogP contribution in [0.15, 0.2) is 72.8 Å². The van der Waals surface area contributed by atoms with Crippen molar-refractivity contribution in [3.05, 3.63) is 88.5 Å². The van der Waals surface area contributed by atoms with Crippen LogP contribution in [-0.4, -0.2) is 10.8 Å². The Hall–Kier alpha value is -3.87. The fraction of sp³-hybridized carbons (Fsp3) is 0. The first-order chi connectivity index (χ1) is 12.5. The normalized spacial score (nSPS) is 10.2. The van der Waals surface area contributed by atoms with Crippen LogP contribution in [0.2, 0.25) is 0 Å². The number of nitrogens with two attached hydrogens (primary N) is 1. The van der Waals surface area contributed by atoms with E-state index >= 15 is 0 Å². The number of hydrogen-bond acceptors (Lipinski definition) is 5. The molecule has 0 spiro atoms. The van der Waals surface area contributed by atoms with Gasteiger partial charge in [0.2, 0.25) is 0 Å². The van der Waals surface area contributed by atoms with Crippen molar-refractivity contribution in [3.63, 3.8) is 0 Å². The van der Waals surface area contributed by atoms with E-state index in [1.54, 1.807) is 12.1 Å². The van der Waals surface area contributed by atoms with Gasteiger partial charge < -0.3 is 16.4 Å². The van der Waals surface area contributed by atoms with Crippen LogP contribution in [0.1, 0.15) is 10.4 Å². The zero-order valence-electron chi connectivity index (χ0n) is 13.7. The maximum atomic E-state index is 12.3. The maximum absolute atomic E-state index is 12.3. The van der Waals surface area contributed by atoms with Crippen molar-refractivity contribution in [2.45, 2.75) is 0 Å². The molecule has 3 aromatic rings. The molecule has 0 saturated carbocycles. The second-order valence-electron chi connectivity index (χ2n) is 5.55. The quantitative estimate of drug-likeness (QED) is 0.364. The lowest BCUT2D eigenvalue weighted by Gasteiger charge is -2.09. The van der Waals surface area contributed by atoms with E-state index in [2.05, 4.69) is 10.6 Å². The topological polar surface area (TPSA) is 110 Å². The molecule has 3 aromatic carbocycles. The molecule has 0 aliphatic rings. The van der Waals surface area contributed by atoms with Crippen molar-refractivity contribution in [1.29, 1.82) is 0 Å². The number of anilines is 4. The molecule has 26 heavy (non-hydrogen) atoms. The molecular weight excluding hydrogens is 332 g/mol. The average molecular weight is 348 g/mol. The van der Waals surface area contributed by atoms with Gasteiger partial charge in [0.05, 0.1) is 4.92 Å². The standard InChI is InChI=1S/C19H16N4O3/c20-17-11-6-13(12-18(17)23(25)26)19(24)22-16-9-7-15(8-10-16)21-14-4-2-1-3-5-14/h1-12,21H,20H2,(H,22,24). The van der Waals surface area contributed by atoms with Gasteiger partial charge in [-0.3, -0.25) is 14.9 Å². The Morgan fingerprint density at radius 3 is 2.15 bits per heavy atom. The highest BCUT2D eigenvalue weighted by Gasteiger charge is 2.15. The van der Waals surface area contributed by atoms with Crippen molar-refractivity contribution in [3.8, 4) is 0 Å². The minimum atomic E-state index is -0.615. The van der Waals surface area contributed by atoms with E-state index in [1.807, 2.05) is 42.5 Å². The third-order valence-electron chi connectivity index (χ3n) is 3.69. The summed E-state index contributed by atoms with van der Waals surface area (Å²) < 4.78 is 0. The second-order valence-corrected chi connectivity index (χ2v) is 5.55. The molecule has 0 aromatic heterocycles. The number of carbonyl (C=O) groups is 1. The predicted molar refractivity (Wildman–Crippen MR) is 102 cm³/mol. The number of para-hydroxylation sites is 1. The molecule has 0 aliphatic heterocycles. The summed E-state index contributed by atoms with van der Waals surface area (Å²) in [4.78, 5) is 22.6. The molecule has 7 nitrogen and oxygen atoms in total. The van der Waals surface area contributed by atoms with Crippen LogP contribution in [0.3, 0.4) is 0 Å². The van der Waals surface area contributed by atoms with Crippen LogP contribution in [-0.2, 0) is 0 Å². The lowest BCUT2D eigenvalue weighted by molar-refractivity contribution is -0.383. The van der Waals surface area contributed by atoms with Crippen LogP contribution in [0.4, 0.5) is 28.4 Å². The molecule has 0 unspecified atom stereocenters. The van der Waals surface area contributed by atoms with Crippen molar-refractivity contribution < 1.29 is 9.72 Å². The summed E-state index contributed by atoms with van der Waals surface area (Å²) in [5.74, 6) is -0.447. The van der Waals surface area contributed by atoms with Crippen molar-refractivity contribution >= 4 is 34.3 Å². The number of benzene rings is 3. The van der Waals surface area contributed by atoms with Gasteiger partial charge in [-0.15, -0.1) is 0 Å². The highest BCUT2D eigenvalue weighted by Crippen LogP contribution is 2.23. The number of nitrogen functional groups attached to an aromatic ring is 1. The molecule has 0 radical (unpaired) electrons. The van der Waals surface area contributed by atoms with E-state index in [1.165, 1.54) is 12.1 Å². The summed E-state index contributed by atoms with van der Waals surface area (Å²) in [5.41, 5.74) is 7.84. The minimum absolute atomic E-state index is 0.0166. The Morgan fingerprint density at radius 2 is 1.50 bits per heavy atom. The zero-order valence-corrected chi connectivity index (χ0v) is 13.7. The van der Waals surface area contributed by atoms with Crippen molar-refractivity contribution in [2.24, 2.45) is 0 Å². The molecule has 3 rings (SSSR count). The Bertz CT molecular complexity index is 941. The molecule has 130 valence electrons. The first-order valence-electron chi connectivity index (χ1n) is 7.80. The zero-order chi connectivity index (χ0) is 18.5. The largest absolute Gasteiger partial charge is 0.393 e. The highest BCUT2D eigenvalue weighted by atomic mass is 16.6. The van der Waals surface area contributed by atoms with Gasteiger partial charge in [-0.25, -0.2) is 0 Å². The Morgan fingerprint density at radius 1 is 0.885 bits per heavy atom. The lowest BCUT2D eigenvalue weighted by Crippen LogP contribution is -2.12. The van der Waals surface area contributed by atoms with Gasteiger partial charge in [0.15, 0.2) is 0 Å². The van der Waals surface area contributed by atoms with Crippen LogP contribution >= 0.6 is 0 Å². The van der Waals surface area contributed by atoms with E-state index in [0.717, 1.165) is 17.4 Å². The van der Waals surface area contributed by atoms with Gasteiger partial charge in [0.1, 0.15) is 5.69 Å². The van der Waals surface area contributed by atoms with Crippen molar-refractivity contribution in [1.82, 2.24) is 0 Å². The van der Waals surface area contributed by atoms with E-state index in [9.17, 15) is 14.9 Å². The first kappa shape index (κ1) is 17.0. The Balaban J connectivity index is 1.70. The van der Waals surface area contributed by atoms with Gasteiger partial charge in [-0.2, -0.15) is 0 Å². The first-order valence-corrected chi connectivity index (χ1v) is 7.80. The maximum Gasteiger partial charge on any atom is 0.292 e. The average Bonchev–Trinajstić information content (AvgIpc) is 2.64. The molecular formula is C19H16N4O3. The van der Waals surface area contributed by atoms with E-state index < -0.39 is 10.8 Å². The van der Waals surface area contributed by atoms with Crippen LogP contribution in [0, 0.1) is 10.1 Å².